The van der Waals surface area contributed by atoms with Crippen molar-refractivity contribution in [2.75, 3.05) is 32.4 Å². The Morgan fingerprint density at radius 3 is 3.00 bits per heavy atom. The third kappa shape index (κ3) is 3.42. The molecular formula is C14H19N3O3S. The molecule has 0 spiro atoms. The van der Waals surface area contributed by atoms with Crippen molar-refractivity contribution in [2.24, 2.45) is 0 Å². The number of nitrogens with zero attached hydrogens (tertiary/aromatic N) is 2. The van der Waals surface area contributed by atoms with Crippen LogP contribution in [0.15, 0.2) is 27.5 Å². The highest BCUT2D eigenvalue weighted by atomic mass is 32.2. The average molecular weight is 309 g/mol. The second-order valence-electron chi connectivity index (χ2n) is 5.39. The van der Waals surface area contributed by atoms with Gasteiger partial charge in [-0.1, -0.05) is 0 Å². The molecular weight excluding hydrogens is 290 g/mol. The molecule has 1 aromatic heterocycles. The van der Waals surface area contributed by atoms with E-state index in [0.29, 0.717) is 23.5 Å². The number of nitrogens with one attached hydrogen (secondary N) is 1. The zero-order chi connectivity index (χ0) is 14.9. The van der Waals surface area contributed by atoms with E-state index < -0.39 is 9.84 Å². The lowest BCUT2D eigenvalue weighted by Crippen LogP contribution is -2.27. The molecule has 1 aliphatic rings. The zero-order valence-electron chi connectivity index (χ0n) is 12.0. The second-order valence-corrected chi connectivity index (χ2v) is 7.40. The Bertz CT molecular complexity index is 731. The lowest BCUT2D eigenvalue weighted by molar-refractivity contribution is 0.257. The summed E-state index contributed by atoms with van der Waals surface area (Å²) >= 11 is 0. The molecule has 3 rings (SSSR count). The molecule has 2 aromatic rings. The van der Waals surface area contributed by atoms with Crippen LogP contribution in [0.1, 0.15) is 12.3 Å². The molecule has 2 heterocycles. The van der Waals surface area contributed by atoms with E-state index in [2.05, 4.69) is 15.2 Å². The number of fused-ring (bicyclic) bond motifs is 1. The number of aromatic nitrogens is 1. The fourth-order valence-electron chi connectivity index (χ4n) is 2.50. The van der Waals surface area contributed by atoms with Crippen molar-refractivity contribution in [1.29, 1.82) is 0 Å². The summed E-state index contributed by atoms with van der Waals surface area (Å²) in [6.07, 6.45) is 2.30. The minimum atomic E-state index is -3.22. The Labute approximate surface area is 124 Å². The minimum absolute atomic E-state index is 0.272. The molecule has 21 heavy (non-hydrogen) atoms. The monoisotopic (exact) mass is 309 g/mol. The predicted molar refractivity (Wildman–Crippen MR) is 79.9 cm³/mol. The fourth-order valence-corrected chi connectivity index (χ4v) is 3.15. The predicted octanol–water partition coefficient (Wildman–Crippen LogP) is 1.03. The van der Waals surface area contributed by atoms with Crippen LogP contribution >= 0.6 is 0 Å². The highest BCUT2D eigenvalue weighted by molar-refractivity contribution is 7.90. The van der Waals surface area contributed by atoms with E-state index in [1.165, 1.54) is 6.26 Å². The third-order valence-corrected chi connectivity index (χ3v) is 4.73. The van der Waals surface area contributed by atoms with Gasteiger partial charge >= 0.3 is 0 Å². The first-order chi connectivity index (χ1) is 10.0. The molecule has 114 valence electrons. The number of sulfone groups is 1. The van der Waals surface area contributed by atoms with E-state index in [1.54, 1.807) is 18.2 Å². The fraction of sp³-hybridized carbons (Fsp3) is 0.500. The van der Waals surface area contributed by atoms with Crippen molar-refractivity contribution in [1.82, 2.24) is 15.2 Å². The van der Waals surface area contributed by atoms with E-state index in [1.807, 2.05) is 0 Å². The van der Waals surface area contributed by atoms with Crippen LogP contribution in [0.3, 0.4) is 0 Å². The summed E-state index contributed by atoms with van der Waals surface area (Å²) in [5.74, 6) is 0.637. The molecule has 7 heteroatoms. The average Bonchev–Trinajstić information content (AvgIpc) is 2.63. The summed E-state index contributed by atoms with van der Waals surface area (Å²) in [5.41, 5.74) is 1.23. The Balaban J connectivity index is 1.83. The van der Waals surface area contributed by atoms with Crippen LogP contribution in [0.5, 0.6) is 0 Å². The van der Waals surface area contributed by atoms with Crippen molar-refractivity contribution >= 4 is 20.9 Å². The summed E-state index contributed by atoms with van der Waals surface area (Å²) in [7, 11) is -3.22. The highest BCUT2D eigenvalue weighted by Crippen LogP contribution is 2.20. The minimum Gasteiger partial charge on any atom is -0.439 e. The Kier molecular flexibility index (Phi) is 3.97. The Morgan fingerprint density at radius 1 is 1.33 bits per heavy atom. The summed E-state index contributed by atoms with van der Waals surface area (Å²) in [6.45, 7) is 4.65. The maximum atomic E-state index is 11.6. The lowest BCUT2D eigenvalue weighted by Gasteiger charge is -2.16. The van der Waals surface area contributed by atoms with Gasteiger partial charge in [0.05, 0.1) is 11.4 Å². The molecule has 0 unspecified atom stereocenters. The van der Waals surface area contributed by atoms with Gasteiger partial charge in [0.25, 0.3) is 0 Å². The zero-order valence-corrected chi connectivity index (χ0v) is 12.8. The molecule has 0 bridgehead atoms. The van der Waals surface area contributed by atoms with Crippen LogP contribution in [0.25, 0.3) is 11.1 Å². The largest absolute Gasteiger partial charge is 0.439 e. The van der Waals surface area contributed by atoms with Crippen LogP contribution in [0.2, 0.25) is 0 Å². The van der Waals surface area contributed by atoms with Crippen molar-refractivity contribution in [3.63, 3.8) is 0 Å². The van der Waals surface area contributed by atoms with Crippen molar-refractivity contribution in [2.45, 2.75) is 17.9 Å². The van der Waals surface area contributed by atoms with E-state index in [4.69, 9.17) is 4.42 Å². The van der Waals surface area contributed by atoms with Gasteiger partial charge in [-0.25, -0.2) is 13.4 Å². The van der Waals surface area contributed by atoms with Gasteiger partial charge in [-0.3, -0.25) is 4.90 Å². The first-order valence-corrected chi connectivity index (χ1v) is 8.94. The number of hydrogen-bond acceptors (Lipinski definition) is 6. The molecule has 0 aliphatic carbocycles. The first-order valence-electron chi connectivity index (χ1n) is 7.05. The van der Waals surface area contributed by atoms with E-state index >= 15 is 0 Å². The number of oxazole rings is 1. The maximum Gasteiger partial charge on any atom is 0.209 e. The van der Waals surface area contributed by atoms with Gasteiger partial charge in [-0.15, -0.1) is 0 Å². The van der Waals surface area contributed by atoms with Crippen LogP contribution < -0.4 is 5.32 Å². The van der Waals surface area contributed by atoms with Crippen molar-refractivity contribution in [3.8, 4) is 0 Å². The Morgan fingerprint density at radius 2 is 2.19 bits per heavy atom. The SMILES string of the molecule is CS(=O)(=O)c1ccc2oc(CN3CCCNCC3)nc2c1. The molecule has 0 atom stereocenters. The Hall–Kier alpha value is -1.44. The highest BCUT2D eigenvalue weighted by Gasteiger charge is 2.15. The molecule has 1 fully saturated rings. The molecule has 0 amide bonds. The van der Waals surface area contributed by atoms with E-state index in [9.17, 15) is 8.42 Å². The van der Waals surface area contributed by atoms with Crippen LogP contribution in [-0.2, 0) is 16.4 Å². The normalized spacial score (nSPS) is 18.0. The van der Waals surface area contributed by atoms with Gasteiger partial charge in [-0.2, -0.15) is 0 Å². The smallest absolute Gasteiger partial charge is 0.209 e. The van der Waals surface area contributed by atoms with Crippen molar-refractivity contribution < 1.29 is 12.8 Å². The standard InChI is InChI=1S/C14H19N3O3S/c1-21(18,19)11-3-4-13-12(9-11)16-14(20-13)10-17-7-2-5-15-6-8-17/h3-4,9,15H,2,5-8,10H2,1H3. The maximum absolute atomic E-state index is 11.6. The number of hydrogen-bond donors (Lipinski definition) is 1. The van der Waals surface area contributed by atoms with Crippen LogP contribution in [0, 0.1) is 0 Å². The second kappa shape index (κ2) is 5.75. The quantitative estimate of drug-likeness (QED) is 0.912. The molecule has 0 radical (unpaired) electrons. The molecule has 6 nitrogen and oxygen atoms in total. The van der Waals surface area contributed by atoms with Gasteiger partial charge in [0.1, 0.15) is 5.52 Å². The van der Waals surface area contributed by atoms with E-state index in [0.717, 1.165) is 32.6 Å². The molecule has 1 N–H and O–H groups in total. The summed E-state index contributed by atoms with van der Waals surface area (Å²) in [5, 5.41) is 3.35. The summed E-state index contributed by atoms with van der Waals surface area (Å²) < 4.78 is 28.8. The molecule has 1 aliphatic heterocycles. The van der Waals surface area contributed by atoms with Gasteiger partial charge < -0.3 is 9.73 Å². The van der Waals surface area contributed by atoms with Crippen LogP contribution in [-0.4, -0.2) is 50.7 Å². The topological polar surface area (TPSA) is 75.4 Å². The van der Waals surface area contributed by atoms with Gasteiger partial charge in [0.2, 0.25) is 5.89 Å². The molecule has 1 saturated heterocycles. The summed E-state index contributed by atoms with van der Waals surface area (Å²) in [6, 6.07) is 4.80. The van der Waals surface area contributed by atoms with Gasteiger partial charge in [-0.05, 0) is 37.7 Å². The van der Waals surface area contributed by atoms with Crippen molar-refractivity contribution in [3.05, 3.63) is 24.1 Å². The summed E-state index contributed by atoms with van der Waals surface area (Å²) in [4.78, 5) is 6.98. The van der Waals surface area contributed by atoms with Gasteiger partial charge in [0, 0.05) is 19.3 Å². The lowest BCUT2D eigenvalue weighted by atomic mass is 10.3. The van der Waals surface area contributed by atoms with E-state index in [-0.39, 0.29) is 4.90 Å². The first kappa shape index (κ1) is 14.5. The number of benzene rings is 1. The third-order valence-electron chi connectivity index (χ3n) is 3.62. The molecule has 1 aromatic carbocycles. The van der Waals surface area contributed by atoms with Gasteiger partial charge in [0.15, 0.2) is 15.4 Å². The molecule has 0 saturated carbocycles. The number of rotatable bonds is 3. The van der Waals surface area contributed by atoms with Crippen LogP contribution in [0.4, 0.5) is 0 Å².